The smallest absolute Gasteiger partial charge is 0.493 e. The van der Waals surface area contributed by atoms with Gasteiger partial charge in [-0.15, -0.1) is 13.2 Å². The minimum absolute atomic E-state index is 0.00775. The average molecular weight is 753 g/mol. The van der Waals surface area contributed by atoms with E-state index in [0.717, 1.165) is 50.0 Å². The third-order valence-electron chi connectivity index (χ3n) is 9.12. The van der Waals surface area contributed by atoms with Crippen LogP contribution in [0, 0.1) is 0 Å². The lowest BCUT2D eigenvalue weighted by molar-refractivity contribution is -0.325. The quantitative estimate of drug-likeness (QED) is 0.132. The molecular formula is C36H42Cl2F3N5O5. The first-order valence-corrected chi connectivity index (χ1v) is 17.3. The number of rotatable bonds is 15. The zero-order valence-corrected chi connectivity index (χ0v) is 30.4. The molecule has 1 fully saturated rings. The predicted molar refractivity (Wildman–Crippen MR) is 192 cm³/mol. The van der Waals surface area contributed by atoms with Gasteiger partial charge in [-0.1, -0.05) is 41.4 Å². The number of para-hydroxylation sites is 2. The van der Waals surface area contributed by atoms with Crippen molar-refractivity contribution >= 4 is 46.1 Å². The van der Waals surface area contributed by atoms with Crippen LogP contribution < -0.4 is 19.5 Å². The number of nitrogens with zero attached hydrogens (tertiary/aromatic N) is 4. The molecular weight excluding hydrogens is 710 g/mol. The third kappa shape index (κ3) is 9.70. The second-order valence-electron chi connectivity index (χ2n) is 12.4. The first kappa shape index (κ1) is 38.3. The Morgan fingerprint density at radius 3 is 2.29 bits per heavy atom. The zero-order valence-electron chi connectivity index (χ0n) is 28.9. The molecule has 1 amide bonds. The van der Waals surface area contributed by atoms with Crippen molar-refractivity contribution in [1.82, 2.24) is 19.4 Å². The standard InChI is InChI=1S/C36H42Cl2F3N5O5/c1-44(34(47)25-20-31(48-2)33(50-4)32(21-25)49-3)22-24(23-9-10-27(37)28(38)19-23)11-14-45-15-12-26(13-16-45)42-35-43-29-7-5-6-8-30(29)46(35)17-18-51-36(39,40)41/h5-10,19-21,24,26H,11-18,22H2,1-4H3,(H,42,43). The number of amides is 1. The van der Waals surface area contributed by atoms with Gasteiger partial charge in [0.2, 0.25) is 11.7 Å². The SMILES string of the molecule is COc1cc(C(=O)N(C)CC(CCN2CCC(Nc3nc4ccccc4n3CCOC(F)(F)F)CC2)c2ccc(Cl)c(Cl)c2)cc(OC)c1OC. The van der Waals surface area contributed by atoms with Gasteiger partial charge < -0.3 is 33.9 Å². The van der Waals surface area contributed by atoms with Gasteiger partial charge >= 0.3 is 6.36 Å². The fourth-order valence-corrected chi connectivity index (χ4v) is 6.76. The summed E-state index contributed by atoms with van der Waals surface area (Å²) in [6.07, 6.45) is -2.31. The molecule has 51 heavy (non-hydrogen) atoms. The Hall–Kier alpha value is -3.91. The summed E-state index contributed by atoms with van der Waals surface area (Å²) in [6, 6.07) is 16.3. The fourth-order valence-electron chi connectivity index (χ4n) is 6.45. The topological polar surface area (TPSA) is 90.3 Å². The highest BCUT2D eigenvalue weighted by molar-refractivity contribution is 6.42. The molecule has 0 radical (unpaired) electrons. The van der Waals surface area contributed by atoms with Crippen molar-refractivity contribution < 1.29 is 36.9 Å². The molecule has 0 bridgehead atoms. The average Bonchev–Trinajstić information content (AvgIpc) is 3.46. The van der Waals surface area contributed by atoms with Gasteiger partial charge in [0.05, 0.1) is 49.0 Å². The Labute approximate surface area is 305 Å². The van der Waals surface area contributed by atoms with Gasteiger partial charge in [0, 0.05) is 50.7 Å². The lowest BCUT2D eigenvalue weighted by Crippen LogP contribution is -2.40. The van der Waals surface area contributed by atoms with Crippen molar-refractivity contribution in [3.63, 3.8) is 0 Å². The Morgan fingerprint density at radius 2 is 1.67 bits per heavy atom. The van der Waals surface area contributed by atoms with E-state index in [4.69, 9.17) is 37.4 Å². The second kappa shape index (κ2) is 17.1. The molecule has 0 aliphatic carbocycles. The van der Waals surface area contributed by atoms with Crippen molar-refractivity contribution in [2.75, 3.05) is 66.5 Å². The lowest BCUT2D eigenvalue weighted by Gasteiger charge is -2.34. The number of methoxy groups -OCH3 is 3. The van der Waals surface area contributed by atoms with Gasteiger partial charge in [0.1, 0.15) is 0 Å². The minimum atomic E-state index is -4.70. The number of nitrogens with one attached hydrogen (secondary N) is 1. The van der Waals surface area contributed by atoms with Crippen molar-refractivity contribution in [3.8, 4) is 17.2 Å². The van der Waals surface area contributed by atoms with E-state index in [2.05, 4.69) is 19.9 Å². The van der Waals surface area contributed by atoms with E-state index < -0.39 is 13.0 Å². The maximum atomic E-state index is 13.7. The minimum Gasteiger partial charge on any atom is -0.493 e. The van der Waals surface area contributed by atoms with Crippen molar-refractivity contribution in [3.05, 3.63) is 75.8 Å². The molecule has 2 heterocycles. The van der Waals surface area contributed by atoms with Crippen molar-refractivity contribution in [2.45, 2.75) is 44.1 Å². The summed E-state index contributed by atoms with van der Waals surface area (Å²) in [6.45, 7) is 2.30. The van der Waals surface area contributed by atoms with Gasteiger partial charge in [-0.2, -0.15) is 0 Å². The summed E-state index contributed by atoms with van der Waals surface area (Å²) in [5, 5.41) is 4.38. The number of carbonyl (C=O) groups excluding carboxylic acids is 1. The summed E-state index contributed by atoms with van der Waals surface area (Å²) in [5.41, 5.74) is 2.81. The highest BCUT2D eigenvalue weighted by atomic mass is 35.5. The first-order chi connectivity index (χ1) is 24.4. The van der Waals surface area contributed by atoms with Crippen LogP contribution in [0.1, 0.15) is 41.1 Å². The zero-order chi connectivity index (χ0) is 36.7. The van der Waals surface area contributed by atoms with Gasteiger partial charge in [-0.25, -0.2) is 4.98 Å². The molecule has 1 atom stereocenters. The van der Waals surface area contributed by atoms with Gasteiger partial charge in [-0.05, 0) is 67.8 Å². The Balaban J connectivity index is 1.23. The van der Waals surface area contributed by atoms with E-state index in [-0.39, 0.29) is 24.4 Å². The number of carbonyl (C=O) groups is 1. The van der Waals surface area contributed by atoms with Crippen molar-refractivity contribution in [2.24, 2.45) is 0 Å². The highest BCUT2D eigenvalue weighted by Gasteiger charge is 2.29. The molecule has 0 spiro atoms. The molecule has 1 N–H and O–H groups in total. The summed E-state index contributed by atoms with van der Waals surface area (Å²) < 4.78 is 60.2. The lowest BCUT2D eigenvalue weighted by atomic mass is 9.94. The number of fused-ring (bicyclic) bond motifs is 1. The molecule has 276 valence electrons. The largest absolute Gasteiger partial charge is 0.522 e. The predicted octanol–water partition coefficient (Wildman–Crippen LogP) is 7.73. The van der Waals surface area contributed by atoms with Gasteiger partial charge in [-0.3, -0.25) is 9.53 Å². The molecule has 5 rings (SSSR count). The number of hydrogen-bond donors (Lipinski definition) is 1. The number of benzene rings is 3. The van der Waals surface area contributed by atoms with E-state index in [1.165, 1.54) is 21.3 Å². The summed E-state index contributed by atoms with van der Waals surface area (Å²) in [5.74, 6) is 1.45. The molecule has 1 unspecified atom stereocenters. The molecule has 1 aliphatic rings. The number of ether oxygens (including phenoxy) is 4. The molecule has 15 heteroatoms. The van der Waals surface area contributed by atoms with Gasteiger partial charge in [0.25, 0.3) is 5.91 Å². The summed E-state index contributed by atoms with van der Waals surface area (Å²) in [4.78, 5) is 22.4. The molecule has 4 aromatic rings. The monoisotopic (exact) mass is 751 g/mol. The van der Waals surface area contributed by atoms with E-state index in [0.29, 0.717) is 50.9 Å². The maximum Gasteiger partial charge on any atom is 0.522 e. The third-order valence-corrected chi connectivity index (χ3v) is 9.86. The molecule has 3 aromatic carbocycles. The fraction of sp³-hybridized carbons (Fsp3) is 0.444. The molecule has 10 nitrogen and oxygen atoms in total. The normalized spacial score (nSPS) is 14.8. The number of hydrogen-bond acceptors (Lipinski definition) is 8. The molecule has 0 saturated carbocycles. The Bertz CT molecular complexity index is 1770. The van der Waals surface area contributed by atoms with Crippen LogP contribution in [0.3, 0.4) is 0 Å². The van der Waals surface area contributed by atoms with E-state index in [1.54, 1.807) is 34.7 Å². The number of likely N-dealkylation sites (tertiary alicyclic amines) is 1. The number of piperidine rings is 1. The van der Waals surface area contributed by atoms with Crippen LogP contribution in [0.15, 0.2) is 54.6 Å². The van der Waals surface area contributed by atoms with Crippen LogP contribution in [-0.2, 0) is 11.3 Å². The maximum absolute atomic E-state index is 13.7. The summed E-state index contributed by atoms with van der Waals surface area (Å²) >= 11 is 12.7. The highest BCUT2D eigenvalue weighted by Crippen LogP contribution is 2.39. The van der Waals surface area contributed by atoms with Crippen LogP contribution in [0.4, 0.5) is 19.1 Å². The Kier molecular flexibility index (Phi) is 12.8. The molecule has 1 aromatic heterocycles. The van der Waals surface area contributed by atoms with E-state index in [9.17, 15) is 18.0 Å². The Morgan fingerprint density at radius 1 is 0.980 bits per heavy atom. The van der Waals surface area contributed by atoms with E-state index in [1.807, 2.05) is 36.4 Å². The number of aromatic nitrogens is 2. The molecule has 1 aliphatic heterocycles. The first-order valence-electron chi connectivity index (χ1n) is 16.6. The van der Waals surface area contributed by atoms with Crippen LogP contribution in [-0.4, -0.2) is 98.8 Å². The van der Waals surface area contributed by atoms with Crippen LogP contribution in [0.25, 0.3) is 11.0 Å². The van der Waals surface area contributed by atoms with Crippen molar-refractivity contribution in [1.29, 1.82) is 0 Å². The number of anilines is 1. The number of likely N-dealkylation sites (N-methyl/N-ethyl adjacent to an activating group) is 1. The van der Waals surface area contributed by atoms with Crippen LogP contribution >= 0.6 is 23.2 Å². The molecule has 1 saturated heterocycles. The van der Waals surface area contributed by atoms with E-state index >= 15 is 0 Å². The van der Waals surface area contributed by atoms with Crippen LogP contribution in [0.5, 0.6) is 17.2 Å². The second-order valence-corrected chi connectivity index (χ2v) is 13.2. The summed E-state index contributed by atoms with van der Waals surface area (Å²) in [7, 11) is 6.27. The number of alkyl halides is 3. The van der Waals surface area contributed by atoms with Crippen LogP contribution in [0.2, 0.25) is 10.0 Å². The number of halogens is 5. The number of imidazole rings is 1. The van der Waals surface area contributed by atoms with Gasteiger partial charge in [0.15, 0.2) is 11.5 Å².